The van der Waals surface area contributed by atoms with Gasteiger partial charge in [-0.3, -0.25) is 9.36 Å². The molecule has 0 spiro atoms. The number of fused-ring (bicyclic) bond motifs is 1. The van der Waals surface area contributed by atoms with Crippen molar-refractivity contribution in [3.05, 3.63) is 107 Å². The van der Waals surface area contributed by atoms with Crippen molar-refractivity contribution in [2.75, 3.05) is 0 Å². The highest BCUT2D eigenvalue weighted by Crippen LogP contribution is 2.36. The van der Waals surface area contributed by atoms with Gasteiger partial charge in [0.2, 0.25) is 0 Å². The Morgan fingerprint density at radius 2 is 1.32 bits per heavy atom. The van der Waals surface area contributed by atoms with Crippen LogP contribution in [-0.2, 0) is 0 Å². The minimum Gasteiger partial charge on any atom is -0.507 e. The molecule has 0 amide bonds. The van der Waals surface area contributed by atoms with Crippen LogP contribution in [0.15, 0.2) is 102 Å². The molecule has 0 fully saturated rings. The summed E-state index contributed by atoms with van der Waals surface area (Å²) in [4.78, 5) is 18.4. The van der Waals surface area contributed by atoms with Crippen LogP contribution in [0.4, 0.5) is 0 Å². The van der Waals surface area contributed by atoms with Crippen molar-refractivity contribution in [3.8, 4) is 28.3 Å². The second kappa shape index (κ2) is 7.85. The number of rotatable bonds is 3. The summed E-state index contributed by atoms with van der Waals surface area (Å²) in [5.74, 6) is -0.423. The van der Waals surface area contributed by atoms with Crippen LogP contribution in [0.3, 0.4) is 0 Å². The van der Waals surface area contributed by atoms with Gasteiger partial charge in [0, 0.05) is 11.1 Å². The van der Waals surface area contributed by atoms with Gasteiger partial charge >= 0.3 is 0 Å². The summed E-state index contributed by atoms with van der Waals surface area (Å²) < 4.78 is 1.89. The van der Waals surface area contributed by atoms with Gasteiger partial charge in [-0.2, -0.15) is 0 Å². The first kappa shape index (κ1) is 19.3. The molecule has 31 heavy (non-hydrogen) atoms. The molecule has 5 rings (SSSR count). The fraction of sp³-hybridized carbons (Fsp3) is 0. The second-order valence-electron chi connectivity index (χ2n) is 7.17. The number of aromatic nitrogens is 2. The molecule has 0 saturated heterocycles. The van der Waals surface area contributed by atoms with E-state index in [1.54, 1.807) is 12.1 Å². The van der Waals surface area contributed by atoms with E-state index in [4.69, 9.17) is 0 Å². The molecule has 0 aliphatic heterocycles. The average molecular weight is 469 g/mol. The number of imidazole rings is 1. The number of phenols is 1. The lowest BCUT2D eigenvalue weighted by Gasteiger charge is -2.12. The monoisotopic (exact) mass is 468 g/mol. The van der Waals surface area contributed by atoms with Gasteiger partial charge in [0.1, 0.15) is 5.75 Å². The minimum atomic E-state index is -0.358. The van der Waals surface area contributed by atoms with Crippen molar-refractivity contribution < 1.29 is 9.90 Å². The van der Waals surface area contributed by atoms with Crippen LogP contribution >= 0.6 is 15.9 Å². The van der Waals surface area contributed by atoms with Gasteiger partial charge in [0.15, 0.2) is 4.73 Å². The molecular weight excluding hydrogens is 452 g/mol. The van der Waals surface area contributed by atoms with Crippen LogP contribution in [0.25, 0.3) is 33.3 Å². The molecule has 0 aliphatic carbocycles. The second-order valence-corrected chi connectivity index (χ2v) is 7.88. The maximum Gasteiger partial charge on any atom is 0.268 e. The van der Waals surface area contributed by atoms with Crippen LogP contribution in [0, 0.1) is 0 Å². The normalized spacial score (nSPS) is 11.0. The van der Waals surface area contributed by atoms with E-state index in [0.29, 0.717) is 16.1 Å². The van der Waals surface area contributed by atoms with Crippen LogP contribution in [0.5, 0.6) is 5.75 Å². The van der Waals surface area contributed by atoms with Gasteiger partial charge in [-0.05, 0) is 38.8 Å². The highest BCUT2D eigenvalue weighted by Gasteiger charge is 2.25. The van der Waals surface area contributed by atoms with Crippen LogP contribution in [-0.4, -0.2) is 20.6 Å². The SMILES string of the molecule is O=C(c1cc2ccccc2cc1O)n1c(Br)nc(-c2ccccc2)c1-c1ccccc1. The van der Waals surface area contributed by atoms with Crippen molar-refractivity contribution in [1.29, 1.82) is 0 Å². The van der Waals surface area contributed by atoms with E-state index in [9.17, 15) is 9.90 Å². The van der Waals surface area contributed by atoms with Crippen LogP contribution in [0.2, 0.25) is 0 Å². The molecule has 150 valence electrons. The van der Waals surface area contributed by atoms with Crippen LogP contribution < -0.4 is 0 Å². The Labute approximate surface area is 187 Å². The highest BCUT2D eigenvalue weighted by atomic mass is 79.9. The number of carbonyl (C=O) groups excluding carboxylic acids is 1. The highest BCUT2D eigenvalue weighted by molar-refractivity contribution is 9.10. The van der Waals surface area contributed by atoms with Crippen LogP contribution in [0.1, 0.15) is 10.4 Å². The number of benzene rings is 4. The standard InChI is InChI=1S/C26H17BrN2O2/c27-26-28-23(17-9-3-1-4-10-17)24(18-11-5-2-6-12-18)29(26)25(31)21-15-19-13-7-8-14-20(19)16-22(21)30/h1-16,30H. The Kier molecular flexibility index (Phi) is 4.88. The van der Waals surface area contributed by atoms with E-state index in [2.05, 4.69) is 20.9 Å². The third-order valence-electron chi connectivity index (χ3n) is 5.23. The van der Waals surface area contributed by atoms with E-state index < -0.39 is 0 Å². The van der Waals surface area contributed by atoms with Gasteiger partial charge in [0.25, 0.3) is 5.91 Å². The quantitative estimate of drug-likeness (QED) is 0.327. The molecule has 0 saturated carbocycles. The number of hydrogen-bond donors (Lipinski definition) is 1. The predicted octanol–water partition coefficient (Wildman–Crippen LogP) is 6.53. The molecule has 0 unspecified atom stereocenters. The fourth-order valence-corrected chi connectivity index (χ4v) is 4.27. The molecule has 1 aromatic heterocycles. The van der Waals surface area contributed by atoms with Crippen molar-refractivity contribution in [1.82, 2.24) is 9.55 Å². The molecule has 0 bridgehead atoms. The van der Waals surface area contributed by atoms with Gasteiger partial charge < -0.3 is 5.11 Å². The zero-order chi connectivity index (χ0) is 21.4. The Morgan fingerprint density at radius 3 is 1.97 bits per heavy atom. The fourth-order valence-electron chi connectivity index (χ4n) is 3.76. The molecule has 5 heteroatoms. The molecule has 1 heterocycles. The molecule has 0 aliphatic rings. The Morgan fingerprint density at radius 1 is 0.774 bits per heavy atom. The van der Waals surface area contributed by atoms with Crippen molar-refractivity contribution >= 4 is 32.6 Å². The minimum absolute atomic E-state index is 0.0652. The first-order valence-corrected chi connectivity index (χ1v) is 10.6. The molecule has 0 radical (unpaired) electrons. The molecular formula is C26H17BrN2O2. The maximum absolute atomic E-state index is 13.7. The third-order valence-corrected chi connectivity index (χ3v) is 5.76. The number of hydrogen-bond acceptors (Lipinski definition) is 3. The first-order chi connectivity index (χ1) is 15.1. The van der Waals surface area contributed by atoms with E-state index in [-0.39, 0.29) is 17.2 Å². The zero-order valence-electron chi connectivity index (χ0n) is 16.4. The van der Waals surface area contributed by atoms with Crippen molar-refractivity contribution in [2.45, 2.75) is 0 Å². The smallest absolute Gasteiger partial charge is 0.268 e. The number of nitrogens with zero attached hydrogens (tertiary/aromatic N) is 2. The lowest BCUT2D eigenvalue weighted by Crippen LogP contribution is -2.14. The van der Waals surface area contributed by atoms with Gasteiger partial charge in [-0.15, -0.1) is 0 Å². The average Bonchev–Trinajstić information content (AvgIpc) is 3.16. The first-order valence-electron chi connectivity index (χ1n) is 9.79. The van der Waals surface area contributed by atoms with Crippen molar-refractivity contribution in [2.24, 2.45) is 0 Å². The Hall–Kier alpha value is -3.70. The summed E-state index contributed by atoms with van der Waals surface area (Å²) in [7, 11) is 0. The Bertz CT molecular complexity index is 1410. The summed E-state index contributed by atoms with van der Waals surface area (Å²) in [5.41, 5.74) is 3.32. The zero-order valence-corrected chi connectivity index (χ0v) is 18.0. The summed E-state index contributed by atoms with van der Waals surface area (Å²) in [6.07, 6.45) is 0. The topological polar surface area (TPSA) is 55.1 Å². The summed E-state index contributed by atoms with van der Waals surface area (Å²) in [6, 6.07) is 30.4. The van der Waals surface area contributed by atoms with E-state index in [0.717, 1.165) is 21.9 Å². The maximum atomic E-state index is 13.7. The van der Waals surface area contributed by atoms with E-state index >= 15 is 0 Å². The summed E-state index contributed by atoms with van der Waals surface area (Å²) in [6.45, 7) is 0. The molecule has 4 aromatic carbocycles. The third kappa shape index (κ3) is 3.43. The van der Waals surface area contributed by atoms with Gasteiger partial charge in [0.05, 0.1) is 17.0 Å². The Balaban J connectivity index is 1.76. The number of phenolic OH excluding ortho intramolecular Hbond substituents is 1. The molecule has 1 N–H and O–H groups in total. The van der Waals surface area contributed by atoms with E-state index in [1.807, 2.05) is 84.9 Å². The number of halogens is 1. The lowest BCUT2D eigenvalue weighted by atomic mass is 10.0. The largest absolute Gasteiger partial charge is 0.507 e. The van der Waals surface area contributed by atoms with Gasteiger partial charge in [-0.25, -0.2) is 4.98 Å². The summed E-state index contributed by atoms with van der Waals surface area (Å²) in [5, 5.41) is 12.4. The number of aromatic hydroxyl groups is 1. The molecule has 0 atom stereocenters. The van der Waals surface area contributed by atoms with Crippen molar-refractivity contribution in [3.63, 3.8) is 0 Å². The number of carbonyl (C=O) groups is 1. The predicted molar refractivity (Wildman–Crippen MR) is 126 cm³/mol. The molecule has 4 nitrogen and oxygen atoms in total. The lowest BCUT2D eigenvalue weighted by molar-refractivity contribution is 0.0956. The van der Waals surface area contributed by atoms with E-state index in [1.165, 1.54) is 4.57 Å². The molecule has 5 aromatic rings. The summed E-state index contributed by atoms with van der Waals surface area (Å²) >= 11 is 3.48. The van der Waals surface area contributed by atoms with Gasteiger partial charge in [-0.1, -0.05) is 84.9 Å².